The SMILES string of the molecule is Cc1nn(-c2ccccc2)c(Cl)c1C1Nc2ccccc2C(=O)N1c1ccc(Cl)cc1. The van der Waals surface area contributed by atoms with Crippen LogP contribution in [-0.4, -0.2) is 15.7 Å². The molecule has 0 aliphatic carbocycles. The average Bonchev–Trinajstić information content (AvgIpc) is 3.09. The van der Waals surface area contributed by atoms with Crippen LogP contribution in [-0.2, 0) is 0 Å². The van der Waals surface area contributed by atoms with E-state index in [-0.39, 0.29) is 5.91 Å². The number of anilines is 2. The van der Waals surface area contributed by atoms with E-state index in [1.807, 2.05) is 73.7 Å². The van der Waals surface area contributed by atoms with Crippen LogP contribution in [0, 0.1) is 6.92 Å². The third-order valence-corrected chi connectivity index (χ3v) is 5.97. The fraction of sp³-hybridized carbons (Fsp3) is 0.0833. The van der Waals surface area contributed by atoms with Gasteiger partial charge in [-0.2, -0.15) is 5.10 Å². The summed E-state index contributed by atoms with van der Waals surface area (Å²) in [7, 11) is 0. The zero-order chi connectivity index (χ0) is 21.5. The molecule has 154 valence electrons. The number of fused-ring (bicyclic) bond motifs is 1. The Kier molecular flexibility index (Phi) is 4.93. The molecule has 3 aromatic carbocycles. The molecule has 0 saturated carbocycles. The molecular formula is C24H18Cl2N4O. The highest BCUT2D eigenvalue weighted by Gasteiger charge is 2.37. The molecule has 31 heavy (non-hydrogen) atoms. The number of carbonyl (C=O) groups excluding carboxylic acids is 1. The summed E-state index contributed by atoms with van der Waals surface area (Å²) >= 11 is 12.9. The number of aryl methyl sites for hydroxylation is 1. The number of hydrogen-bond acceptors (Lipinski definition) is 3. The third-order valence-electron chi connectivity index (χ3n) is 5.35. The molecule has 1 aromatic heterocycles. The number of carbonyl (C=O) groups is 1. The molecule has 1 aliphatic heterocycles. The second-order valence-electron chi connectivity index (χ2n) is 7.28. The Balaban J connectivity index is 1.68. The van der Waals surface area contributed by atoms with Crippen LogP contribution in [0.4, 0.5) is 11.4 Å². The molecule has 0 fully saturated rings. The van der Waals surface area contributed by atoms with Crippen molar-refractivity contribution >= 4 is 40.5 Å². The Morgan fingerprint density at radius 2 is 1.55 bits per heavy atom. The van der Waals surface area contributed by atoms with Gasteiger partial charge in [-0.1, -0.05) is 53.5 Å². The zero-order valence-corrected chi connectivity index (χ0v) is 18.1. The van der Waals surface area contributed by atoms with Crippen molar-refractivity contribution in [2.75, 3.05) is 10.2 Å². The Hall–Kier alpha value is -3.28. The molecule has 0 saturated heterocycles. The number of hydrogen-bond donors (Lipinski definition) is 1. The van der Waals surface area contributed by atoms with Crippen LogP contribution in [0.15, 0.2) is 78.9 Å². The van der Waals surface area contributed by atoms with Crippen molar-refractivity contribution in [3.63, 3.8) is 0 Å². The minimum Gasteiger partial charge on any atom is -0.360 e. The predicted molar refractivity (Wildman–Crippen MR) is 124 cm³/mol. The molecule has 0 radical (unpaired) electrons. The van der Waals surface area contributed by atoms with Crippen LogP contribution in [0.25, 0.3) is 5.69 Å². The van der Waals surface area contributed by atoms with Gasteiger partial charge in [-0.25, -0.2) is 4.68 Å². The maximum absolute atomic E-state index is 13.6. The third kappa shape index (κ3) is 3.36. The van der Waals surface area contributed by atoms with Gasteiger partial charge in [0.15, 0.2) is 0 Å². The van der Waals surface area contributed by atoms with Gasteiger partial charge in [-0.05, 0) is 55.5 Å². The number of nitrogens with one attached hydrogen (secondary N) is 1. The molecule has 0 spiro atoms. The van der Waals surface area contributed by atoms with Crippen molar-refractivity contribution in [3.05, 3.63) is 106 Å². The fourth-order valence-corrected chi connectivity index (χ4v) is 4.39. The van der Waals surface area contributed by atoms with Crippen LogP contribution in [0.3, 0.4) is 0 Å². The van der Waals surface area contributed by atoms with Crippen molar-refractivity contribution < 1.29 is 4.79 Å². The van der Waals surface area contributed by atoms with Gasteiger partial charge in [-0.3, -0.25) is 9.69 Å². The smallest absolute Gasteiger partial charge is 0.262 e. The monoisotopic (exact) mass is 448 g/mol. The summed E-state index contributed by atoms with van der Waals surface area (Å²) in [6.45, 7) is 1.90. The molecule has 0 bridgehead atoms. The van der Waals surface area contributed by atoms with Crippen molar-refractivity contribution in [3.8, 4) is 5.69 Å². The molecule has 7 heteroatoms. The lowest BCUT2D eigenvalue weighted by Crippen LogP contribution is -2.43. The van der Waals surface area contributed by atoms with E-state index in [1.165, 1.54) is 0 Å². The number of para-hydroxylation sites is 2. The summed E-state index contributed by atoms with van der Waals surface area (Å²) in [6, 6.07) is 24.3. The Morgan fingerprint density at radius 3 is 2.29 bits per heavy atom. The largest absolute Gasteiger partial charge is 0.360 e. The van der Waals surface area contributed by atoms with Crippen LogP contribution in [0.5, 0.6) is 0 Å². The zero-order valence-electron chi connectivity index (χ0n) is 16.6. The Bertz CT molecular complexity index is 1270. The lowest BCUT2D eigenvalue weighted by Gasteiger charge is -2.38. The van der Waals surface area contributed by atoms with Crippen LogP contribution >= 0.6 is 23.2 Å². The second kappa shape index (κ2) is 7.76. The minimum absolute atomic E-state index is 0.121. The van der Waals surface area contributed by atoms with Gasteiger partial charge in [0, 0.05) is 16.4 Å². The molecule has 2 heterocycles. The first-order valence-electron chi connectivity index (χ1n) is 9.80. The van der Waals surface area contributed by atoms with Gasteiger partial charge < -0.3 is 5.32 Å². The van der Waals surface area contributed by atoms with E-state index >= 15 is 0 Å². The van der Waals surface area contributed by atoms with Crippen molar-refractivity contribution in [2.24, 2.45) is 0 Å². The molecule has 5 rings (SSSR count). The summed E-state index contributed by atoms with van der Waals surface area (Å²) in [5.41, 5.74) is 4.39. The van der Waals surface area contributed by atoms with Gasteiger partial charge in [-0.15, -0.1) is 0 Å². The first-order valence-corrected chi connectivity index (χ1v) is 10.6. The molecular weight excluding hydrogens is 431 g/mol. The first-order chi connectivity index (χ1) is 15.0. The highest BCUT2D eigenvalue weighted by molar-refractivity contribution is 6.31. The van der Waals surface area contributed by atoms with Gasteiger partial charge in [0.25, 0.3) is 5.91 Å². The van der Waals surface area contributed by atoms with E-state index in [0.29, 0.717) is 21.4 Å². The van der Waals surface area contributed by atoms with E-state index in [0.717, 1.165) is 22.6 Å². The lowest BCUT2D eigenvalue weighted by molar-refractivity contribution is 0.0975. The highest BCUT2D eigenvalue weighted by Crippen LogP contribution is 2.40. The number of amides is 1. The maximum Gasteiger partial charge on any atom is 0.262 e. The molecule has 5 nitrogen and oxygen atoms in total. The van der Waals surface area contributed by atoms with Crippen LogP contribution in [0.2, 0.25) is 10.2 Å². The normalized spacial score (nSPS) is 15.5. The first kappa shape index (κ1) is 19.7. The van der Waals surface area contributed by atoms with Gasteiger partial charge in [0.2, 0.25) is 0 Å². The molecule has 1 unspecified atom stereocenters. The minimum atomic E-state index is -0.534. The average molecular weight is 449 g/mol. The quantitative estimate of drug-likeness (QED) is 0.402. The maximum atomic E-state index is 13.6. The molecule has 1 amide bonds. The van der Waals surface area contributed by atoms with E-state index in [2.05, 4.69) is 10.4 Å². The fourth-order valence-electron chi connectivity index (χ4n) is 3.89. The summed E-state index contributed by atoms with van der Waals surface area (Å²) in [5, 5.41) is 9.20. The molecule has 1 atom stereocenters. The van der Waals surface area contributed by atoms with Crippen molar-refractivity contribution in [2.45, 2.75) is 13.1 Å². The van der Waals surface area contributed by atoms with E-state index in [4.69, 9.17) is 23.2 Å². The van der Waals surface area contributed by atoms with Crippen LogP contribution < -0.4 is 10.2 Å². The molecule has 4 aromatic rings. The number of rotatable bonds is 3. The van der Waals surface area contributed by atoms with Crippen molar-refractivity contribution in [1.29, 1.82) is 0 Å². The summed E-state index contributed by atoms with van der Waals surface area (Å²) in [5.74, 6) is -0.121. The second-order valence-corrected chi connectivity index (χ2v) is 8.08. The molecule has 1 aliphatic rings. The van der Waals surface area contributed by atoms with Crippen molar-refractivity contribution in [1.82, 2.24) is 9.78 Å². The number of benzene rings is 3. The van der Waals surface area contributed by atoms with E-state index in [1.54, 1.807) is 21.7 Å². The number of nitrogens with zero attached hydrogens (tertiary/aromatic N) is 3. The highest BCUT2D eigenvalue weighted by atomic mass is 35.5. The standard InChI is InChI=1S/C24H18Cl2N4O/c1-15-21(22(26)30(28-15)18-7-3-2-4-8-18)23-27-20-10-6-5-9-19(20)24(31)29(23)17-13-11-16(25)12-14-17/h2-14,23,27H,1H3. The molecule has 1 N–H and O–H groups in total. The summed E-state index contributed by atoms with van der Waals surface area (Å²) in [6.07, 6.45) is -0.534. The summed E-state index contributed by atoms with van der Waals surface area (Å²) < 4.78 is 1.69. The van der Waals surface area contributed by atoms with Crippen LogP contribution in [0.1, 0.15) is 27.8 Å². The van der Waals surface area contributed by atoms with E-state index < -0.39 is 6.17 Å². The Labute approximate surface area is 189 Å². The number of halogens is 2. The Morgan fingerprint density at radius 1 is 0.871 bits per heavy atom. The summed E-state index contributed by atoms with van der Waals surface area (Å²) in [4.78, 5) is 15.3. The van der Waals surface area contributed by atoms with Gasteiger partial charge >= 0.3 is 0 Å². The predicted octanol–water partition coefficient (Wildman–Crippen LogP) is 6.26. The topological polar surface area (TPSA) is 50.2 Å². The number of aromatic nitrogens is 2. The van der Waals surface area contributed by atoms with E-state index in [9.17, 15) is 4.79 Å². The van der Waals surface area contributed by atoms with Gasteiger partial charge in [0.1, 0.15) is 11.3 Å². The van der Waals surface area contributed by atoms with Gasteiger partial charge in [0.05, 0.1) is 22.5 Å². The lowest BCUT2D eigenvalue weighted by atomic mass is 10.0.